The van der Waals surface area contributed by atoms with Crippen LogP contribution in [0, 0.1) is 12.8 Å². The van der Waals surface area contributed by atoms with E-state index in [1.54, 1.807) is 0 Å². The summed E-state index contributed by atoms with van der Waals surface area (Å²) in [6.07, 6.45) is 7.27. The molecule has 1 unspecified atom stereocenters. The molecule has 1 aliphatic rings. The van der Waals surface area contributed by atoms with Gasteiger partial charge >= 0.3 is 0 Å². The number of aromatic nitrogens is 1. The van der Waals surface area contributed by atoms with Gasteiger partial charge < -0.3 is 4.57 Å². The number of nitrogens with zero attached hydrogens (tertiary/aromatic N) is 1. The van der Waals surface area contributed by atoms with E-state index in [0.29, 0.717) is 5.78 Å². The topological polar surface area (TPSA) is 22.0 Å². The third kappa shape index (κ3) is 2.32. The van der Waals surface area contributed by atoms with E-state index in [1.165, 1.54) is 28.5 Å². The molecule has 1 aromatic carbocycles. The maximum Gasteiger partial charge on any atom is 0.136 e. The Morgan fingerprint density at radius 3 is 2.95 bits per heavy atom. The van der Waals surface area contributed by atoms with Crippen molar-refractivity contribution in [3.05, 3.63) is 35.5 Å². The van der Waals surface area contributed by atoms with Gasteiger partial charge in [0, 0.05) is 36.5 Å². The monoisotopic (exact) mass is 255 g/mol. The van der Waals surface area contributed by atoms with E-state index in [-0.39, 0.29) is 5.92 Å². The minimum Gasteiger partial charge on any atom is -0.350 e. The Morgan fingerprint density at radius 1 is 1.32 bits per heavy atom. The maximum atomic E-state index is 12.0. The molecule has 2 aromatic rings. The molecule has 0 radical (unpaired) electrons. The molecule has 0 saturated heterocycles. The van der Waals surface area contributed by atoms with Gasteiger partial charge in [-0.05, 0) is 43.9 Å². The summed E-state index contributed by atoms with van der Waals surface area (Å²) < 4.78 is 2.18. The van der Waals surface area contributed by atoms with E-state index < -0.39 is 0 Å². The Balaban J connectivity index is 1.96. The number of benzene rings is 1. The fraction of sp³-hybridized carbons (Fsp3) is 0.471. The molecule has 0 bridgehead atoms. The molecule has 19 heavy (non-hydrogen) atoms. The Morgan fingerprint density at radius 2 is 2.16 bits per heavy atom. The zero-order valence-corrected chi connectivity index (χ0v) is 11.8. The van der Waals surface area contributed by atoms with Crippen molar-refractivity contribution in [1.29, 1.82) is 0 Å². The van der Waals surface area contributed by atoms with E-state index in [1.807, 2.05) is 0 Å². The van der Waals surface area contributed by atoms with Crippen LogP contribution in [0.1, 0.15) is 36.8 Å². The smallest absolute Gasteiger partial charge is 0.136 e. The highest BCUT2D eigenvalue weighted by Crippen LogP contribution is 2.29. The molecule has 0 N–H and O–H groups in total. The highest BCUT2D eigenvalue weighted by atomic mass is 16.1. The van der Waals surface area contributed by atoms with Crippen LogP contribution in [0.25, 0.3) is 10.9 Å². The second-order valence-corrected chi connectivity index (χ2v) is 5.90. The first-order valence-electron chi connectivity index (χ1n) is 7.22. The van der Waals surface area contributed by atoms with Crippen LogP contribution in [0.4, 0.5) is 0 Å². The van der Waals surface area contributed by atoms with Crippen LogP contribution in [0.15, 0.2) is 24.4 Å². The fourth-order valence-electron chi connectivity index (χ4n) is 3.29. The van der Waals surface area contributed by atoms with Gasteiger partial charge in [-0.15, -0.1) is 0 Å². The van der Waals surface area contributed by atoms with E-state index in [9.17, 15) is 4.79 Å². The quantitative estimate of drug-likeness (QED) is 0.800. The standard InChI is InChI=1S/C17H21NO/c1-12-7-8-16-15(9-12)14(11-18(16)2)10-13-5-3-4-6-17(13)19/h7-9,11,13H,3-6,10H2,1-2H3. The summed E-state index contributed by atoms with van der Waals surface area (Å²) in [7, 11) is 2.09. The van der Waals surface area contributed by atoms with Gasteiger partial charge in [0.15, 0.2) is 0 Å². The fourth-order valence-corrected chi connectivity index (χ4v) is 3.29. The molecule has 2 nitrogen and oxygen atoms in total. The molecule has 1 aromatic heterocycles. The van der Waals surface area contributed by atoms with Crippen molar-refractivity contribution in [2.45, 2.75) is 39.0 Å². The summed E-state index contributed by atoms with van der Waals surface area (Å²) in [6.45, 7) is 2.13. The van der Waals surface area contributed by atoms with Gasteiger partial charge in [-0.2, -0.15) is 0 Å². The number of hydrogen-bond donors (Lipinski definition) is 0. The minimum atomic E-state index is 0.250. The normalized spacial score (nSPS) is 20.1. The summed E-state index contributed by atoms with van der Waals surface area (Å²) >= 11 is 0. The maximum absolute atomic E-state index is 12.0. The summed E-state index contributed by atoms with van der Waals surface area (Å²) in [5.74, 6) is 0.718. The number of ketones is 1. The van der Waals surface area contributed by atoms with Crippen molar-refractivity contribution in [1.82, 2.24) is 4.57 Å². The van der Waals surface area contributed by atoms with E-state index in [4.69, 9.17) is 0 Å². The first-order chi connectivity index (χ1) is 9.15. The van der Waals surface area contributed by atoms with Crippen molar-refractivity contribution in [3.8, 4) is 0 Å². The molecule has 0 spiro atoms. The number of aryl methyl sites for hydroxylation is 2. The average Bonchev–Trinajstić information content (AvgIpc) is 2.69. The number of carbonyl (C=O) groups is 1. The van der Waals surface area contributed by atoms with Crippen LogP contribution in [0.5, 0.6) is 0 Å². The SMILES string of the molecule is Cc1ccc2c(c1)c(CC1CCCCC1=O)cn2C. The molecule has 1 heterocycles. The predicted molar refractivity (Wildman–Crippen MR) is 78.3 cm³/mol. The van der Waals surface area contributed by atoms with Gasteiger partial charge in [0.25, 0.3) is 0 Å². The van der Waals surface area contributed by atoms with Gasteiger partial charge in [-0.3, -0.25) is 4.79 Å². The minimum absolute atomic E-state index is 0.250. The lowest BCUT2D eigenvalue weighted by Gasteiger charge is -2.19. The molecule has 0 aliphatic heterocycles. The Bertz CT molecular complexity index is 623. The third-order valence-electron chi connectivity index (χ3n) is 4.37. The molecule has 0 amide bonds. The van der Waals surface area contributed by atoms with Crippen LogP contribution >= 0.6 is 0 Å². The molecule has 3 rings (SSSR count). The van der Waals surface area contributed by atoms with Gasteiger partial charge in [0.05, 0.1) is 0 Å². The van der Waals surface area contributed by atoms with Crippen molar-refractivity contribution >= 4 is 16.7 Å². The number of rotatable bonds is 2. The molecular weight excluding hydrogens is 234 g/mol. The number of carbonyl (C=O) groups excluding carboxylic acids is 1. The Kier molecular flexibility index (Phi) is 3.17. The largest absolute Gasteiger partial charge is 0.350 e. The lowest BCUT2D eigenvalue weighted by Crippen LogP contribution is -2.20. The average molecular weight is 255 g/mol. The molecular formula is C17H21NO. The van der Waals surface area contributed by atoms with Crippen molar-refractivity contribution in [2.75, 3.05) is 0 Å². The second-order valence-electron chi connectivity index (χ2n) is 5.90. The van der Waals surface area contributed by atoms with Crippen molar-refractivity contribution in [2.24, 2.45) is 13.0 Å². The molecule has 2 heteroatoms. The number of Topliss-reactive ketones (excluding diaryl/α,β-unsaturated/α-hetero) is 1. The van der Waals surface area contributed by atoms with Crippen LogP contribution in [0.3, 0.4) is 0 Å². The van der Waals surface area contributed by atoms with Gasteiger partial charge in [0.2, 0.25) is 0 Å². The lowest BCUT2D eigenvalue weighted by molar-refractivity contribution is -0.124. The zero-order valence-electron chi connectivity index (χ0n) is 11.8. The van der Waals surface area contributed by atoms with Crippen LogP contribution in [-0.2, 0) is 18.3 Å². The number of fused-ring (bicyclic) bond motifs is 1. The Labute approximate surface area is 114 Å². The van der Waals surface area contributed by atoms with Crippen molar-refractivity contribution < 1.29 is 4.79 Å². The van der Waals surface area contributed by atoms with Crippen LogP contribution in [-0.4, -0.2) is 10.4 Å². The first-order valence-corrected chi connectivity index (χ1v) is 7.22. The Hall–Kier alpha value is -1.57. The summed E-state index contributed by atoms with van der Waals surface area (Å²) in [5, 5.41) is 1.32. The van der Waals surface area contributed by atoms with Gasteiger partial charge in [-0.1, -0.05) is 18.1 Å². The highest BCUT2D eigenvalue weighted by molar-refractivity contribution is 5.86. The molecule has 1 atom stereocenters. The first kappa shape index (κ1) is 12.5. The van der Waals surface area contributed by atoms with Crippen LogP contribution < -0.4 is 0 Å². The lowest BCUT2D eigenvalue weighted by atomic mass is 9.83. The van der Waals surface area contributed by atoms with E-state index >= 15 is 0 Å². The highest BCUT2D eigenvalue weighted by Gasteiger charge is 2.23. The van der Waals surface area contributed by atoms with Gasteiger partial charge in [0.1, 0.15) is 5.78 Å². The molecule has 1 aliphatic carbocycles. The van der Waals surface area contributed by atoms with E-state index in [2.05, 4.69) is 42.9 Å². The summed E-state index contributed by atoms with van der Waals surface area (Å²) in [4.78, 5) is 12.0. The molecule has 1 saturated carbocycles. The third-order valence-corrected chi connectivity index (χ3v) is 4.37. The zero-order chi connectivity index (χ0) is 13.4. The molecule has 1 fully saturated rings. The molecule has 100 valence electrons. The summed E-state index contributed by atoms with van der Waals surface area (Å²) in [5.41, 5.74) is 3.89. The number of hydrogen-bond acceptors (Lipinski definition) is 1. The van der Waals surface area contributed by atoms with Crippen LogP contribution in [0.2, 0.25) is 0 Å². The van der Waals surface area contributed by atoms with E-state index in [0.717, 1.165) is 25.7 Å². The second kappa shape index (κ2) is 4.84. The summed E-state index contributed by atoms with van der Waals surface area (Å²) in [6, 6.07) is 6.58. The van der Waals surface area contributed by atoms with Gasteiger partial charge in [-0.25, -0.2) is 0 Å². The van der Waals surface area contributed by atoms with Crippen molar-refractivity contribution in [3.63, 3.8) is 0 Å². The predicted octanol–water partition coefficient (Wildman–Crippen LogP) is 3.79.